The van der Waals surface area contributed by atoms with Gasteiger partial charge in [0.1, 0.15) is 11.8 Å². The number of nitrogens with zero attached hydrogens (tertiary/aromatic N) is 1. The second-order valence-electron chi connectivity index (χ2n) is 4.99. The Labute approximate surface area is 121 Å². The van der Waals surface area contributed by atoms with Crippen LogP contribution in [-0.2, 0) is 11.3 Å². The van der Waals surface area contributed by atoms with Gasteiger partial charge < -0.3 is 9.84 Å². The maximum absolute atomic E-state index is 11.3. The summed E-state index contributed by atoms with van der Waals surface area (Å²) in [4.78, 5) is 13.3. The van der Waals surface area contributed by atoms with Crippen LogP contribution in [0.2, 0.25) is 0 Å². The van der Waals surface area contributed by atoms with Crippen LogP contribution in [0, 0.1) is 5.92 Å². The lowest BCUT2D eigenvalue weighted by atomic mass is 10.0. The molecule has 1 aliphatic heterocycles. The molecule has 1 saturated heterocycles. The van der Waals surface area contributed by atoms with Crippen LogP contribution in [0.25, 0.3) is 0 Å². The molecule has 2 unspecified atom stereocenters. The summed E-state index contributed by atoms with van der Waals surface area (Å²) in [6, 6.07) is 5.49. The molecule has 1 fully saturated rings. The Kier molecular flexibility index (Phi) is 4.47. The summed E-state index contributed by atoms with van der Waals surface area (Å²) in [5.74, 6) is 0.269. The van der Waals surface area contributed by atoms with Gasteiger partial charge in [-0.2, -0.15) is 0 Å². The summed E-state index contributed by atoms with van der Waals surface area (Å²) >= 11 is 3.45. The number of rotatable bonds is 4. The molecule has 0 amide bonds. The molecule has 19 heavy (non-hydrogen) atoms. The summed E-state index contributed by atoms with van der Waals surface area (Å²) < 4.78 is 6.09. The first-order valence-corrected chi connectivity index (χ1v) is 7.11. The van der Waals surface area contributed by atoms with E-state index in [2.05, 4.69) is 15.9 Å². The van der Waals surface area contributed by atoms with E-state index in [9.17, 15) is 9.90 Å². The van der Waals surface area contributed by atoms with Gasteiger partial charge in [0.2, 0.25) is 0 Å². The van der Waals surface area contributed by atoms with E-state index in [0.29, 0.717) is 6.54 Å². The van der Waals surface area contributed by atoms with Crippen molar-refractivity contribution in [1.82, 2.24) is 4.90 Å². The number of carboxylic acid groups (broad SMARTS) is 1. The molecule has 2 rings (SSSR count). The van der Waals surface area contributed by atoms with Gasteiger partial charge in [-0.25, -0.2) is 0 Å². The third-order valence-electron chi connectivity index (χ3n) is 3.66. The Bertz CT molecular complexity index is 478. The zero-order chi connectivity index (χ0) is 14.0. The number of carbonyl (C=O) groups is 1. The standard InChI is InChI=1S/C14H18BrNO3/c1-9-5-6-16(13(9)14(17)18)8-10-3-4-12(19-2)11(15)7-10/h3-4,7,9,13H,5-6,8H2,1-2H3,(H,17,18). The van der Waals surface area contributed by atoms with Crippen molar-refractivity contribution in [3.8, 4) is 5.75 Å². The molecule has 0 bridgehead atoms. The van der Waals surface area contributed by atoms with Crippen LogP contribution in [0.15, 0.2) is 22.7 Å². The molecule has 4 nitrogen and oxygen atoms in total. The van der Waals surface area contributed by atoms with Crippen LogP contribution in [0.4, 0.5) is 0 Å². The van der Waals surface area contributed by atoms with Crippen LogP contribution in [0.3, 0.4) is 0 Å². The third kappa shape index (κ3) is 3.09. The number of halogens is 1. The van der Waals surface area contributed by atoms with Crippen LogP contribution < -0.4 is 4.74 Å². The van der Waals surface area contributed by atoms with Crippen molar-refractivity contribution in [3.05, 3.63) is 28.2 Å². The normalized spacial score (nSPS) is 23.5. The summed E-state index contributed by atoms with van der Waals surface area (Å²) in [5.41, 5.74) is 1.09. The van der Waals surface area contributed by atoms with Crippen molar-refractivity contribution < 1.29 is 14.6 Å². The molecule has 2 atom stereocenters. The monoisotopic (exact) mass is 327 g/mol. The van der Waals surface area contributed by atoms with E-state index in [1.165, 1.54) is 0 Å². The van der Waals surface area contributed by atoms with Crippen molar-refractivity contribution in [2.75, 3.05) is 13.7 Å². The lowest BCUT2D eigenvalue weighted by Crippen LogP contribution is -2.38. The molecule has 0 spiro atoms. The number of hydrogen-bond donors (Lipinski definition) is 1. The van der Waals surface area contributed by atoms with Gasteiger partial charge in [0, 0.05) is 6.54 Å². The van der Waals surface area contributed by atoms with Crippen LogP contribution in [0.1, 0.15) is 18.9 Å². The van der Waals surface area contributed by atoms with Crippen molar-refractivity contribution in [2.24, 2.45) is 5.92 Å². The molecule has 1 aromatic carbocycles. The maximum atomic E-state index is 11.3. The Morgan fingerprint density at radius 3 is 2.89 bits per heavy atom. The van der Waals surface area contributed by atoms with Gasteiger partial charge in [-0.05, 0) is 52.5 Å². The first kappa shape index (κ1) is 14.3. The minimum absolute atomic E-state index is 0.208. The molecule has 0 aromatic heterocycles. The summed E-state index contributed by atoms with van der Waals surface area (Å²) in [5, 5.41) is 9.30. The molecule has 0 aliphatic carbocycles. The molecular weight excluding hydrogens is 310 g/mol. The number of hydrogen-bond acceptors (Lipinski definition) is 3. The molecule has 1 aromatic rings. The lowest BCUT2D eigenvalue weighted by Gasteiger charge is -2.23. The second-order valence-corrected chi connectivity index (χ2v) is 5.84. The van der Waals surface area contributed by atoms with Gasteiger partial charge in [0.25, 0.3) is 0 Å². The van der Waals surface area contributed by atoms with E-state index in [1.54, 1.807) is 7.11 Å². The van der Waals surface area contributed by atoms with E-state index in [0.717, 1.165) is 28.8 Å². The summed E-state index contributed by atoms with van der Waals surface area (Å²) in [7, 11) is 1.63. The molecule has 0 saturated carbocycles. The fraction of sp³-hybridized carbons (Fsp3) is 0.500. The largest absolute Gasteiger partial charge is 0.496 e. The quantitative estimate of drug-likeness (QED) is 0.923. The van der Waals surface area contributed by atoms with Gasteiger partial charge in [0.05, 0.1) is 11.6 Å². The smallest absolute Gasteiger partial charge is 0.321 e. The lowest BCUT2D eigenvalue weighted by molar-refractivity contribution is -0.143. The molecule has 0 radical (unpaired) electrons. The number of aliphatic carboxylic acids is 1. The average Bonchev–Trinajstić information content (AvgIpc) is 2.70. The Morgan fingerprint density at radius 1 is 1.58 bits per heavy atom. The van der Waals surface area contributed by atoms with Gasteiger partial charge in [-0.3, -0.25) is 9.69 Å². The summed E-state index contributed by atoms with van der Waals surface area (Å²) in [6.45, 7) is 3.49. The Balaban J connectivity index is 2.12. The molecular formula is C14H18BrNO3. The van der Waals surface area contributed by atoms with Crippen molar-refractivity contribution in [2.45, 2.75) is 25.9 Å². The fourth-order valence-corrected chi connectivity index (χ4v) is 3.23. The van der Waals surface area contributed by atoms with Gasteiger partial charge >= 0.3 is 5.97 Å². The van der Waals surface area contributed by atoms with Crippen LogP contribution >= 0.6 is 15.9 Å². The van der Waals surface area contributed by atoms with E-state index in [1.807, 2.05) is 30.0 Å². The third-order valence-corrected chi connectivity index (χ3v) is 4.28. The van der Waals surface area contributed by atoms with Crippen molar-refractivity contribution in [3.63, 3.8) is 0 Å². The number of likely N-dealkylation sites (tertiary alicyclic amines) is 1. The Morgan fingerprint density at radius 2 is 2.32 bits per heavy atom. The first-order valence-electron chi connectivity index (χ1n) is 6.32. The van der Waals surface area contributed by atoms with Gasteiger partial charge in [0.15, 0.2) is 0 Å². The highest BCUT2D eigenvalue weighted by atomic mass is 79.9. The second kappa shape index (κ2) is 5.92. The first-order chi connectivity index (χ1) is 9.02. The highest BCUT2D eigenvalue weighted by molar-refractivity contribution is 9.10. The zero-order valence-corrected chi connectivity index (χ0v) is 12.7. The molecule has 1 heterocycles. The Hall–Kier alpha value is -1.07. The minimum Gasteiger partial charge on any atom is -0.496 e. The number of methoxy groups -OCH3 is 1. The maximum Gasteiger partial charge on any atom is 0.321 e. The van der Waals surface area contributed by atoms with E-state index < -0.39 is 5.97 Å². The van der Waals surface area contributed by atoms with E-state index >= 15 is 0 Å². The molecule has 1 aliphatic rings. The predicted octanol–water partition coefficient (Wildman–Crippen LogP) is 2.75. The van der Waals surface area contributed by atoms with Gasteiger partial charge in [-0.1, -0.05) is 13.0 Å². The van der Waals surface area contributed by atoms with E-state index in [-0.39, 0.29) is 12.0 Å². The molecule has 1 N–H and O–H groups in total. The summed E-state index contributed by atoms with van der Waals surface area (Å²) in [6.07, 6.45) is 0.939. The zero-order valence-electron chi connectivity index (χ0n) is 11.1. The topological polar surface area (TPSA) is 49.8 Å². The minimum atomic E-state index is -0.724. The van der Waals surface area contributed by atoms with Crippen LogP contribution in [-0.4, -0.2) is 35.7 Å². The number of ether oxygens (including phenoxy) is 1. The highest BCUT2D eigenvalue weighted by Gasteiger charge is 2.36. The number of carboxylic acids is 1. The number of benzene rings is 1. The SMILES string of the molecule is COc1ccc(CN2CCC(C)C2C(=O)O)cc1Br. The average molecular weight is 328 g/mol. The van der Waals surface area contributed by atoms with Crippen molar-refractivity contribution >= 4 is 21.9 Å². The van der Waals surface area contributed by atoms with Crippen LogP contribution in [0.5, 0.6) is 5.75 Å². The highest BCUT2D eigenvalue weighted by Crippen LogP contribution is 2.29. The van der Waals surface area contributed by atoms with Gasteiger partial charge in [-0.15, -0.1) is 0 Å². The molecule has 5 heteroatoms. The fourth-order valence-electron chi connectivity index (χ4n) is 2.65. The van der Waals surface area contributed by atoms with E-state index in [4.69, 9.17) is 4.74 Å². The predicted molar refractivity (Wildman–Crippen MR) is 76.3 cm³/mol. The van der Waals surface area contributed by atoms with Crippen molar-refractivity contribution in [1.29, 1.82) is 0 Å². The molecule has 104 valence electrons.